The summed E-state index contributed by atoms with van der Waals surface area (Å²) >= 11 is 0. The van der Waals surface area contributed by atoms with E-state index >= 15 is 0 Å². The Kier molecular flexibility index (Phi) is 8.19. The van der Waals surface area contributed by atoms with Crippen LogP contribution < -0.4 is 4.90 Å². The second kappa shape index (κ2) is 14.1. The quantitative estimate of drug-likeness (QED) is 0.158. The van der Waals surface area contributed by atoms with Crippen LogP contribution in [0.25, 0.3) is 82.4 Å². The van der Waals surface area contributed by atoms with Gasteiger partial charge in [-0.3, -0.25) is 0 Å². The second-order valence-electron chi connectivity index (χ2n) is 15.0. The standard InChI is InChI=1S/C56H38N2/c1-2-14-39(15-3-1)42-30-33-48(34-31-42)57(54-24-12-13-25-55(54)58-52-22-10-8-20-50(52)51-21-9-11-23-53(51)58)56-38-46(45-28-26-40-16-4-6-18-43(40)36-45)32-35-49(56)47-29-27-41-17-5-7-19-44(41)37-47/h1-38H. The fourth-order valence-electron chi connectivity index (χ4n) is 8.73. The van der Waals surface area contributed by atoms with Crippen LogP contribution >= 0.6 is 0 Å². The number of anilines is 3. The number of nitrogens with zero attached hydrogens (tertiary/aromatic N) is 2. The molecule has 0 amide bonds. The molecule has 58 heavy (non-hydrogen) atoms. The molecule has 0 saturated carbocycles. The maximum Gasteiger partial charge on any atom is 0.0702 e. The van der Waals surface area contributed by atoms with E-state index in [0.717, 1.165) is 33.9 Å². The van der Waals surface area contributed by atoms with Gasteiger partial charge in [0.1, 0.15) is 0 Å². The minimum atomic E-state index is 1.07. The molecule has 1 aromatic heterocycles. The monoisotopic (exact) mass is 738 g/mol. The molecular formula is C56H38N2. The van der Waals surface area contributed by atoms with E-state index in [4.69, 9.17) is 0 Å². The maximum atomic E-state index is 2.47. The predicted octanol–water partition coefficient (Wildman–Crippen LogP) is 15.6. The van der Waals surface area contributed by atoms with Crippen molar-refractivity contribution in [3.05, 3.63) is 231 Å². The molecule has 0 aliphatic carbocycles. The molecule has 1 heterocycles. The molecule has 0 aliphatic heterocycles. The zero-order chi connectivity index (χ0) is 38.4. The zero-order valence-electron chi connectivity index (χ0n) is 31.8. The van der Waals surface area contributed by atoms with Crippen molar-refractivity contribution >= 4 is 60.4 Å². The van der Waals surface area contributed by atoms with E-state index < -0.39 is 0 Å². The number of aromatic nitrogens is 1. The number of rotatable bonds is 7. The molecule has 0 saturated heterocycles. The molecular weight excluding hydrogens is 701 g/mol. The molecule has 0 radical (unpaired) electrons. The lowest BCUT2D eigenvalue weighted by atomic mass is 9.94. The van der Waals surface area contributed by atoms with Crippen LogP contribution in [0.15, 0.2) is 231 Å². The summed E-state index contributed by atoms with van der Waals surface area (Å²) in [4.78, 5) is 2.47. The minimum Gasteiger partial charge on any atom is -0.308 e. The van der Waals surface area contributed by atoms with Crippen molar-refractivity contribution in [1.82, 2.24) is 4.57 Å². The van der Waals surface area contributed by atoms with Crippen LogP contribution in [0.2, 0.25) is 0 Å². The fourth-order valence-corrected chi connectivity index (χ4v) is 8.73. The normalized spacial score (nSPS) is 11.4. The molecule has 0 bridgehead atoms. The van der Waals surface area contributed by atoms with Gasteiger partial charge in [-0.25, -0.2) is 0 Å². The molecule has 0 atom stereocenters. The van der Waals surface area contributed by atoms with Gasteiger partial charge in [-0.1, -0.05) is 176 Å². The number of para-hydroxylation sites is 4. The maximum absolute atomic E-state index is 2.47. The fraction of sp³-hybridized carbons (Fsp3) is 0. The SMILES string of the molecule is c1ccc(-c2ccc(N(c3cc(-c4ccc5ccccc5c4)ccc3-c3ccc4ccccc4c3)c3ccccc3-n3c4ccccc4c4ccccc43)cc2)cc1. The van der Waals surface area contributed by atoms with E-state index in [0.29, 0.717) is 0 Å². The third-order valence-electron chi connectivity index (χ3n) is 11.6. The van der Waals surface area contributed by atoms with Crippen LogP contribution in [-0.4, -0.2) is 4.57 Å². The number of fused-ring (bicyclic) bond motifs is 5. The topological polar surface area (TPSA) is 8.17 Å². The van der Waals surface area contributed by atoms with Gasteiger partial charge in [0.15, 0.2) is 0 Å². The Morgan fingerprint density at radius 1 is 0.293 bits per heavy atom. The molecule has 2 heteroatoms. The zero-order valence-corrected chi connectivity index (χ0v) is 31.8. The number of hydrogen-bond donors (Lipinski definition) is 0. The van der Waals surface area contributed by atoms with Gasteiger partial charge in [-0.05, 0) is 104 Å². The molecule has 2 nitrogen and oxygen atoms in total. The first-order chi connectivity index (χ1) is 28.8. The summed E-state index contributed by atoms with van der Waals surface area (Å²) in [6, 6.07) is 84.0. The summed E-state index contributed by atoms with van der Waals surface area (Å²) in [6.07, 6.45) is 0. The molecule has 11 rings (SSSR count). The summed E-state index contributed by atoms with van der Waals surface area (Å²) in [7, 11) is 0. The molecule has 0 N–H and O–H groups in total. The van der Waals surface area contributed by atoms with Crippen molar-refractivity contribution < 1.29 is 0 Å². The Bertz CT molecular complexity index is 3230. The summed E-state index contributed by atoms with van der Waals surface area (Å²) in [5.74, 6) is 0. The first-order valence-electron chi connectivity index (χ1n) is 19.9. The highest BCUT2D eigenvalue weighted by Crippen LogP contribution is 2.47. The van der Waals surface area contributed by atoms with Crippen LogP contribution in [0, 0.1) is 0 Å². The molecule has 11 aromatic rings. The van der Waals surface area contributed by atoms with Gasteiger partial charge in [-0.15, -0.1) is 0 Å². The number of benzene rings is 10. The van der Waals surface area contributed by atoms with Crippen LogP contribution in [0.5, 0.6) is 0 Å². The second-order valence-corrected chi connectivity index (χ2v) is 15.0. The highest BCUT2D eigenvalue weighted by molar-refractivity contribution is 6.10. The van der Waals surface area contributed by atoms with E-state index in [-0.39, 0.29) is 0 Å². The molecule has 0 spiro atoms. The Balaban J connectivity index is 1.20. The lowest BCUT2D eigenvalue weighted by Crippen LogP contribution is -2.14. The third kappa shape index (κ3) is 5.82. The van der Waals surface area contributed by atoms with Gasteiger partial charge in [0.25, 0.3) is 0 Å². The molecule has 272 valence electrons. The van der Waals surface area contributed by atoms with Gasteiger partial charge in [-0.2, -0.15) is 0 Å². The van der Waals surface area contributed by atoms with Gasteiger partial charge < -0.3 is 9.47 Å². The van der Waals surface area contributed by atoms with Crippen LogP contribution in [0.3, 0.4) is 0 Å². The van der Waals surface area contributed by atoms with Crippen LogP contribution in [0.1, 0.15) is 0 Å². The molecule has 0 unspecified atom stereocenters. The van der Waals surface area contributed by atoms with E-state index in [1.165, 1.54) is 65.6 Å². The van der Waals surface area contributed by atoms with E-state index in [2.05, 4.69) is 240 Å². The van der Waals surface area contributed by atoms with Crippen molar-refractivity contribution in [1.29, 1.82) is 0 Å². The lowest BCUT2D eigenvalue weighted by Gasteiger charge is -2.31. The average molecular weight is 739 g/mol. The summed E-state index contributed by atoms with van der Waals surface area (Å²) in [5, 5.41) is 7.38. The Hall–Kier alpha value is -7.68. The van der Waals surface area contributed by atoms with Crippen molar-refractivity contribution in [2.75, 3.05) is 4.90 Å². The summed E-state index contributed by atoms with van der Waals surface area (Å²) < 4.78 is 2.44. The van der Waals surface area contributed by atoms with E-state index in [1.54, 1.807) is 0 Å². The highest BCUT2D eigenvalue weighted by atomic mass is 15.2. The van der Waals surface area contributed by atoms with Crippen molar-refractivity contribution in [2.45, 2.75) is 0 Å². The number of hydrogen-bond acceptors (Lipinski definition) is 1. The van der Waals surface area contributed by atoms with Gasteiger partial charge in [0.05, 0.1) is 28.1 Å². The minimum absolute atomic E-state index is 1.07. The Morgan fingerprint density at radius 3 is 1.47 bits per heavy atom. The van der Waals surface area contributed by atoms with E-state index in [1.807, 2.05) is 0 Å². The van der Waals surface area contributed by atoms with Crippen molar-refractivity contribution in [3.63, 3.8) is 0 Å². The van der Waals surface area contributed by atoms with E-state index in [9.17, 15) is 0 Å². The smallest absolute Gasteiger partial charge is 0.0702 e. The van der Waals surface area contributed by atoms with Crippen molar-refractivity contribution in [2.24, 2.45) is 0 Å². The van der Waals surface area contributed by atoms with Gasteiger partial charge in [0.2, 0.25) is 0 Å². The van der Waals surface area contributed by atoms with Crippen LogP contribution in [-0.2, 0) is 0 Å². The average Bonchev–Trinajstić information content (AvgIpc) is 3.64. The Morgan fingerprint density at radius 2 is 0.776 bits per heavy atom. The summed E-state index contributed by atoms with van der Waals surface area (Å²) in [5.41, 5.74) is 13.7. The van der Waals surface area contributed by atoms with Gasteiger partial charge in [0, 0.05) is 22.0 Å². The molecule has 10 aromatic carbocycles. The largest absolute Gasteiger partial charge is 0.308 e. The lowest BCUT2D eigenvalue weighted by molar-refractivity contribution is 1.15. The molecule has 0 fully saturated rings. The highest BCUT2D eigenvalue weighted by Gasteiger charge is 2.23. The van der Waals surface area contributed by atoms with Crippen LogP contribution in [0.4, 0.5) is 17.1 Å². The predicted molar refractivity (Wildman–Crippen MR) is 247 cm³/mol. The first kappa shape index (κ1) is 33.6. The molecule has 0 aliphatic rings. The Labute approximate surface area is 338 Å². The first-order valence-corrected chi connectivity index (χ1v) is 19.9. The third-order valence-corrected chi connectivity index (χ3v) is 11.6. The van der Waals surface area contributed by atoms with Crippen molar-refractivity contribution in [3.8, 4) is 39.1 Å². The summed E-state index contributed by atoms with van der Waals surface area (Å²) in [6.45, 7) is 0. The van der Waals surface area contributed by atoms with Gasteiger partial charge >= 0.3 is 0 Å².